The highest BCUT2D eigenvalue weighted by molar-refractivity contribution is 5.78. The van der Waals surface area contributed by atoms with Gasteiger partial charge in [0.05, 0.1) is 5.69 Å². The van der Waals surface area contributed by atoms with Crippen LogP contribution in [0.15, 0.2) is 36.5 Å². The van der Waals surface area contributed by atoms with Crippen LogP contribution in [-0.2, 0) is 4.79 Å². The van der Waals surface area contributed by atoms with Gasteiger partial charge in [0, 0.05) is 11.8 Å². The maximum absolute atomic E-state index is 11.1. The van der Waals surface area contributed by atoms with Crippen LogP contribution in [0.25, 0.3) is 11.3 Å². The molecule has 2 rings (SSSR count). The fraction of sp³-hybridized carbons (Fsp3) is 0.231. The normalized spacial score (nSPS) is 12.4. The quantitative estimate of drug-likeness (QED) is 0.873. The lowest BCUT2D eigenvalue weighted by atomic mass is 10.1. The number of aryl methyl sites for hydroxylation is 1. The van der Waals surface area contributed by atoms with Crippen LogP contribution in [0.5, 0.6) is 0 Å². The molecule has 0 aliphatic carbocycles. The predicted molar refractivity (Wildman–Crippen MR) is 66.3 cm³/mol. The van der Waals surface area contributed by atoms with Gasteiger partial charge < -0.3 is 5.73 Å². The number of nitrogens with zero attached hydrogens (tertiary/aromatic N) is 2. The van der Waals surface area contributed by atoms with Gasteiger partial charge in [-0.15, -0.1) is 0 Å². The molecule has 1 amide bonds. The van der Waals surface area contributed by atoms with Crippen LogP contribution in [0, 0.1) is 6.92 Å². The molecular weight excluding hydrogens is 214 g/mol. The van der Waals surface area contributed by atoms with Gasteiger partial charge in [-0.2, -0.15) is 5.10 Å². The summed E-state index contributed by atoms with van der Waals surface area (Å²) in [4.78, 5) is 11.1. The Bertz CT molecular complexity index is 531. The Hall–Kier alpha value is -2.10. The average molecular weight is 229 g/mol. The van der Waals surface area contributed by atoms with Crippen molar-refractivity contribution in [1.29, 1.82) is 0 Å². The molecule has 0 radical (unpaired) electrons. The zero-order valence-electron chi connectivity index (χ0n) is 9.92. The zero-order chi connectivity index (χ0) is 12.4. The van der Waals surface area contributed by atoms with Gasteiger partial charge in [-0.25, -0.2) is 0 Å². The lowest BCUT2D eigenvalue weighted by Crippen LogP contribution is -2.24. The van der Waals surface area contributed by atoms with Gasteiger partial charge >= 0.3 is 0 Å². The molecule has 17 heavy (non-hydrogen) atoms. The number of rotatable bonds is 3. The summed E-state index contributed by atoms with van der Waals surface area (Å²) in [5.74, 6) is -0.382. The minimum Gasteiger partial charge on any atom is -0.368 e. The van der Waals surface area contributed by atoms with E-state index in [1.54, 1.807) is 11.6 Å². The number of aromatic nitrogens is 2. The molecule has 1 aromatic heterocycles. The van der Waals surface area contributed by atoms with E-state index in [4.69, 9.17) is 5.73 Å². The highest BCUT2D eigenvalue weighted by Crippen LogP contribution is 2.22. The van der Waals surface area contributed by atoms with E-state index >= 15 is 0 Å². The fourth-order valence-corrected chi connectivity index (χ4v) is 1.69. The fourth-order valence-electron chi connectivity index (χ4n) is 1.69. The molecule has 2 N–H and O–H groups in total. The molecule has 0 aliphatic rings. The van der Waals surface area contributed by atoms with Crippen molar-refractivity contribution in [3.63, 3.8) is 0 Å². The maximum Gasteiger partial charge on any atom is 0.241 e. The summed E-state index contributed by atoms with van der Waals surface area (Å²) in [7, 11) is 0. The second-order valence-electron chi connectivity index (χ2n) is 4.09. The Labute approximate surface area is 100 Å². The van der Waals surface area contributed by atoms with Crippen LogP contribution in [0.2, 0.25) is 0 Å². The monoisotopic (exact) mass is 229 g/mol. The standard InChI is InChI=1S/C13H15N3O/c1-9-8-16(10(2)13(14)17)15-12(9)11-6-4-3-5-7-11/h3-8,10H,1-2H3,(H2,14,17). The molecule has 2 aromatic rings. The molecule has 4 heteroatoms. The lowest BCUT2D eigenvalue weighted by Gasteiger charge is -2.06. The third-order valence-corrected chi connectivity index (χ3v) is 2.77. The van der Waals surface area contributed by atoms with E-state index in [2.05, 4.69) is 5.10 Å². The first-order valence-electron chi connectivity index (χ1n) is 5.50. The first-order chi connectivity index (χ1) is 8.09. The van der Waals surface area contributed by atoms with Crippen LogP contribution in [0.4, 0.5) is 0 Å². The SMILES string of the molecule is Cc1cn(C(C)C(N)=O)nc1-c1ccccc1. The molecule has 1 unspecified atom stereocenters. The van der Waals surface area contributed by atoms with Crippen molar-refractivity contribution in [1.82, 2.24) is 9.78 Å². The van der Waals surface area contributed by atoms with Gasteiger partial charge in [0.1, 0.15) is 6.04 Å². The Morgan fingerprint density at radius 2 is 2.00 bits per heavy atom. The van der Waals surface area contributed by atoms with Crippen molar-refractivity contribution in [2.75, 3.05) is 0 Å². The maximum atomic E-state index is 11.1. The Morgan fingerprint density at radius 1 is 1.35 bits per heavy atom. The number of nitrogens with two attached hydrogens (primary N) is 1. The van der Waals surface area contributed by atoms with Gasteiger partial charge in [-0.1, -0.05) is 30.3 Å². The van der Waals surface area contributed by atoms with Gasteiger partial charge in [0.25, 0.3) is 0 Å². The minimum absolute atomic E-state index is 0.382. The third kappa shape index (κ3) is 2.20. The Morgan fingerprint density at radius 3 is 2.59 bits per heavy atom. The van der Waals surface area contributed by atoms with E-state index < -0.39 is 6.04 Å². The number of hydrogen-bond donors (Lipinski definition) is 1. The highest BCUT2D eigenvalue weighted by Gasteiger charge is 2.15. The van der Waals surface area contributed by atoms with Crippen molar-refractivity contribution in [2.45, 2.75) is 19.9 Å². The van der Waals surface area contributed by atoms with Crippen LogP contribution in [-0.4, -0.2) is 15.7 Å². The van der Waals surface area contributed by atoms with E-state index in [1.165, 1.54) is 0 Å². The lowest BCUT2D eigenvalue weighted by molar-refractivity contribution is -0.120. The van der Waals surface area contributed by atoms with E-state index in [-0.39, 0.29) is 5.91 Å². The van der Waals surface area contributed by atoms with Crippen LogP contribution < -0.4 is 5.73 Å². The minimum atomic E-state index is -0.425. The first kappa shape index (κ1) is 11.4. The van der Waals surface area contributed by atoms with Crippen LogP contribution in [0.1, 0.15) is 18.5 Å². The zero-order valence-corrected chi connectivity index (χ0v) is 9.92. The molecule has 0 spiro atoms. The molecule has 0 saturated carbocycles. The van der Waals surface area contributed by atoms with Gasteiger partial charge in [0.15, 0.2) is 0 Å². The largest absolute Gasteiger partial charge is 0.368 e. The number of carbonyl (C=O) groups excluding carboxylic acids is 1. The van der Waals surface area contributed by atoms with E-state index in [0.717, 1.165) is 16.8 Å². The molecule has 1 heterocycles. The third-order valence-electron chi connectivity index (χ3n) is 2.77. The van der Waals surface area contributed by atoms with Crippen molar-refractivity contribution in [3.8, 4) is 11.3 Å². The summed E-state index contributed by atoms with van der Waals surface area (Å²) in [5, 5.41) is 4.42. The summed E-state index contributed by atoms with van der Waals surface area (Å²) >= 11 is 0. The molecule has 1 atom stereocenters. The Balaban J connectivity index is 2.41. The number of benzene rings is 1. The van der Waals surface area contributed by atoms with E-state index in [0.29, 0.717) is 0 Å². The second-order valence-corrected chi connectivity index (χ2v) is 4.09. The molecule has 0 saturated heterocycles. The predicted octanol–water partition coefficient (Wildman–Crippen LogP) is 1.90. The summed E-state index contributed by atoms with van der Waals surface area (Å²) in [6.45, 7) is 3.71. The summed E-state index contributed by atoms with van der Waals surface area (Å²) in [5.41, 5.74) is 8.23. The van der Waals surface area contributed by atoms with Gasteiger partial charge in [-0.05, 0) is 19.4 Å². The van der Waals surface area contributed by atoms with E-state index in [9.17, 15) is 4.79 Å². The van der Waals surface area contributed by atoms with Crippen LogP contribution >= 0.6 is 0 Å². The van der Waals surface area contributed by atoms with Crippen molar-refractivity contribution >= 4 is 5.91 Å². The number of carbonyl (C=O) groups is 1. The van der Waals surface area contributed by atoms with Crippen molar-refractivity contribution in [3.05, 3.63) is 42.1 Å². The molecular formula is C13H15N3O. The van der Waals surface area contributed by atoms with Crippen molar-refractivity contribution in [2.24, 2.45) is 5.73 Å². The van der Waals surface area contributed by atoms with Crippen LogP contribution in [0.3, 0.4) is 0 Å². The first-order valence-corrected chi connectivity index (χ1v) is 5.50. The molecule has 4 nitrogen and oxygen atoms in total. The summed E-state index contributed by atoms with van der Waals surface area (Å²) in [6, 6.07) is 9.45. The second kappa shape index (κ2) is 4.41. The average Bonchev–Trinajstić information content (AvgIpc) is 2.71. The summed E-state index contributed by atoms with van der Waals surface area (Å²) in [6.07, 6.45) is 1.84. The van der Waals surface area contributed by atoms with E-state index in [1.807, 2.05) is 43.5 Å². The molecule has 1 aromatic carbocycles. The molecule has 0 bridgehead atoms. The topological polar surface area (TPSA) is 60.9 Å². The van der Waals surface area contributed by atoms with Gasteiger partial charge in [0.2, 0.25) is 5.91 Å². The molecule has 0 fully saturated rings. The number of hydrogen-bond acceptors (Lipinski definition) is 2. The molecule has 0 aliphatic heterocycles. The number of amides is 1. The summed E-state index contributed by atoms with van der Waals surface area (Å²) < 4.78 is 1.61. The molecule has 88 valence electrons. The highest BCUT2D eigenvalue weighted by atomic mass is 16.1. The van der Waals surface area contributed by atoms with Gasteiger partial charge in [-0.3, -0.25) is 9.48 Å². The van der Waals surface area contributed by atoms with Crippen molar-refractivity contribution < 1.29 is 4.79 Å². The Kier molecular flexibility index (Phi) is 2.95. The number of primary amides is 1. The smallest absolute Gasteiger partial charge is 0.241 e.